The van der Waals surface area contributed by atoms with Gasteiger partial charge in [-0.05, 0) is 56.1 Å². The number of nitrogens with one attached hydrogen (secondary N) is 1. The minimum absolute atomic E-state index is 0. The number of pyridine rings is 1. The molecule has 0 saturated carbocycles. The van der Waals surface area contributed by atoms with Crippen LogP contribution in [0.5, 0.6) is 5.75 Å². The Kier molecular flexibility index (Phi) is 10.2. The van der Waals surface area contributed by atoms with Gasteiger partial charge in [-0.3, -0.25) is 9.78 Å². The number of aromatic nitrogens is 1. The third-order valence-electron chi connectivity index (χ3n) is 4.68. The van der Waals surface area contributed by atoms with Crippen LogP contribution in [0.2, 0.25) is 5.02 Å². The molecule has 3 rings (SSSR count). The summed E-state index contributed by atoms with van der Waals surface area (Å²) in [6.45, 7) is 5.79. The van der Waals surface area contributed by atoms with Crippen LogP contribution in [-0.2, 0) is 4.79 Å². The fourth-order valence-electron chi connectivity index (χ4n) is 3.19. The standard InChI is InChI=1S/C19H24ClN3O2.2ClH/c1-2-21-12-14-7-10-23(11-8-14)18(24)13-25-17-6-5-16(20)15-4-3-9-22-19(15)17;;/h3-6,9,14,21H,2,7-8,10-13H2,1H3;2*1H. The van der Waals surface area contributed by atoms with Gasteiger partial charge in [0, 0.05) is 24.7 Å². The lowest BCUT2D eigenvalue weighted by Gasteiger charge is -2.32. The summed E-state index contributed by atoms with van der Waals surface area (Å²) >= 11 is 6.19. The topological polar surface area (TPSA) is 54.5 Å². The largest absolute Gasteiger partial charge is 0.481 e. The first-order valence-corrected chi connectivity index (χ1v) is 9.21. The van der Waals surface area contributed by atoms with E-state index in [0.717, 1.165) is 44.4 Å². The Morgan fingerprint density at radius 2 is 2.04 bits per heavy atom. The maximum atomic E-state index is 12.4. The van der Waals surface area contributed by atoms with Gasteiger partial charge in [0.2, 0.25) is 0 Å². The molecule has 1 fully saturated rings. The Balaban J connectivity index is 0.00000182. The van der Waals surface area contributed by atoms with E-state index in [0.29, 0.717) is 22.2 Å². The van der Waals surface area contributed by atoms with Gasteiger partial charge < -0.3 is 15.0 Å². The van der Waals surface area contributed by atoms with E-state index in [1.165, 1.54) is 0 Å². The van der Waals surface area contributed by atoms with Crippen molar-refractivity contribution in [3.05, 3.63) is 35.5 Å². The van der Waals surface area contributed by atoms with Crippen LogP contribution < -0.4 is 10.1 Å². The van der Waals surface area contributed by atoms with Crippen molar-refractivity contribution < 1.29 is 9.53 Å². The number of fused-ring (bicyclic) bond motifs is 1. The quantitative estimate of drug-likeness (QED) is 0.748. The van der Waals surface area contributed by atoms with E-state index in [-0.39, 0.29) is 37.3 Å². The lowest BCUT2D eigenvalue weighted by Crippen LogP contribution is -2.42. The summed E-state index contributed by atoms with van der Waals surface area (Å²) in [7, 11) is 0. The lowest BCUT2D eigenvalue weighted by molar-refractivity contribution is -0.134. The van der Waals surface area contributed by atoms with Gasteiger partial charge in [-0.1, -0.05) is 18.5 Å². The molecule has 5 nitrogen and oxygen atoms in total. The van der Waals surface area contributed by atoms with Crippen molar-refractivity contribution in [1.29, 1.82) is 0 Å². The van der Waals surface area contributed by atoms with Crippen molar-refractivity contribution in [2.24, 2.45) is 5.92 Å². The number of carbonyl (C=O) groups is 1. The molecule has 0 aliphatic carbocycles. The highest BCUT2D eigenvalue weighted by atomic mass is 35.5. The summed E-state index contributed by atoms with van der Waals surface area (Å²) in [6, 6.07) is 7.28. The van der Waals surface area contributed by atoms with Crippen molar-refractivity contribution in [2.75, 3.05) is 32.8 Å². The number of carbonyl (C=O) groups excluding carboxylic acids is 1. The summed E-state index contributed by atoms with van der Waals surface area (Å²) in [5.41, 5.74) is 0.687. The second-order valence-corrected chi connectivity index (χ2v) is 6.77. The number of hydrogen-bond donors (Lipinski definition) is 1. The molecule has 2 aromatic rings. The normalized spacial score (nSPS) is 14.4. The minimum Gasteiger partial charge on any atom is -0.481 e. The number of halogens is 3. The molecule has 1 aliphatic rings. The number of ether oxygens (including phenoxy) is 1. The smallest absolute Gasteiger partial charge is 0.260 e. The fourth-order valence-corrected chi connectivity index (χ4v) is 3.41. The number of piperidine rings is 1. The summed E-state index contributed by atoms with van der Waals surface area (Å²) in [5.74, 6) is 1.28. The Morgan fingerprint density at radius 3 is 2.74 bits per heavy atom. The second kappa shape index (κ2) is 11.5. The Labute approximate surface area is 177 Å². The highest BCUT2D eigenvalue weighted by Gasteiger charge is 2.23. The molecule has 0 unspecified atom stereocenters. The maximum Gasteiger partial charge on any atom is 0.260 e. The molecule has 0 bridgehead atoms. The van der Waals surface area contributed by atoms with Crippen LogP contribution in [0.15, 0.2) is 30.5 Å². The first-order chi connectivity index (χ1) is 12.2. The van der Waals surface area contributed by atoms with E-state index in [4.69, 9.17) is 16.3 Å². The summed E-state index contributed by atoms with van der Waals surface area (Å²) in [5, 5.41) is 4.85. The lowest BCUT2D eigenvalue weighted by atomic mass is 9.97. The molecule has 0 atom stereocenters. The Hall–Kier alpha value is -1.27. The third kappa shape index (κ3) is 6.11. The molecule has 1 aromatic carbocycles. The molecule has 8 heteroatoms. The van der Waals surface area contributed by atoms with Gasteiger partial charge in [-0.25, -0.2) is 0 Å². The highest BCUT2D eigenvalue weighted by molar-refractivity contribution is 6.35. The molecular weight excluding hydrogens is 409 g/mol. The van der Waals surface area contributed by atoms with Crippen LogP contribution >= 0.6 is 36.4 Å². The van der Waals surface area contributed by atoms with Crippen LogP contribution in [-0.4, -0.2) is 48.6 Å². The van der Waals surface area contributed by atoms with Gasteiger partial charge in [0.1, 0.15) is 11.3 Å². The van der Waals surface area contributed by atoms with E-state index in [9.17, 15) is 4.79 Å². The molecule has 1 aromatic heterocycles. The van der Waals surface area contributed by atoms with Crippen molar-refractivity contribution in [2.45, 2.75) is 19.8 Å². The summed E-state index contributed by atoms with van der Waals surface area (Å²) < 4.78 is 5.76. The summed E-state index contributed by atoms with van der Waals surface area (Å²) in [6.07, 6.45) is 3.79. The zero-order chi connectivity index (χ0) is 17.6. The zero-order valence-corrected chi connectivity index (χ0v) is 17.7. The van der Waals surface area contributed by atoms with E-state index in [1.807, 2.05) is 17.0 Å². The fraction of sp³-hybridized carbons (Fsp3) is 0.474. The van der Waals surface area contributed by atoms with Gasteiger partial charge >= 0.3 is 0 Å². The van der Waals surface area contributed by atoms with Crippen LogP contribution in [0, 0.1) is 5.92 Å². The number of likely N-dealkylation sites (tertiary alicyclic amines) is 1. The maximum absolute atomic E-state index is 12.4. The highest BCUT2D eigenvalue weighted by Crippen LogP contribution is 2.29. The molecule has 1 aliphatic heterocycles. The molecule has 0 spiro atoms. The van der Waals surface area contributed by atoms with Crippen molar-refractivity contribution in [3.8, 4) is 5.75 Å². The minimum atomic E-state index is 0. The molecule has 1 saturated heterocycles. The Morgan fingerprint density at radius 1 is 1.30 bits per heavy atom. The van der Waals surface area contributed by atoms with Gasteiger partial charge in [0.15, 0.2) is 6.61 Å². The van der Waals surface area contributed by atoms with Crippen LogP contribution in [0.4, 0.5) is 0 Å². The van der Waals surface area contributed by atoms with E-state index >= 15 is 0 Å². The van der Waals surface area contributed by atoms with E-state index in [2.05, 4.69) is 17.2 Å². The van der Waals surface area contributed by atoms with Crippen molar-refractivity contribution in [3.63, 3.8) is 0 Å². The molecule has 1 amide bonds. The van der Waals surface area contributed by atoms with Gasteiger partial charge in [-0.15, -0.1) is 24.8 Å². The molecule has 150 valence electrons. The number of benzene rings is 1. The van der Waals surface area contributed by atoms with Crippen LogP contribution in [0.25, 0.3) is 10.9 Å². The SMILES string of the molecule is CCNCC1CCN(C(=O)COc2ccc(Cl)c3cccnc23)CC1.Cl.Cl. The average Bonchev–Trinajstić information content (AvgIpc) is 2.66. The second-order valence-electron chi connectivity index (χ2n) is 6.37. The molecular formula is C19H26Cl3N3O2. The van der Waals surface area contributed by atoms with Gasteiger partial charge in [0.25, 0.3) is 5.91 Å². The van der Waals surface area contributed by atoms with Gasteiger partial charge in [-0.2, -0.15) is 0 Å². The Bertz CT molecular complexity index is 737. The van der Waals surface area contributed by atoms with Crippen LogP contribution in [0.3, 0.4) is 0 Å². The number of rotatable bonds is 6. The average molecular weight is 435 g/mol. The number of amides is 1. The monoisotopic (exact) mass is 433 g/mol. The van der Waals surface area contributed by atoms with E-state index < -0.39 is 0 Å². The van der Waals surface area contributed by atoms with Crippen molar-refractivity contribution in [1.82, 2.24) is 15.2 Å². The third-order valence-corrected chi connectivity index (χ3v) is 5.01. The molecule has 27 heavy (non-hydrogen) atoms. The molecule has 0 radical (unpaired) electrons. The van der Waals surface area contributed by atoms with E-state index in [1.54, 1.807) is 18.3 Å². The zero-order valence-electron chi connectivity index (χ0n) is 15.3. The van der Waals surface area contributed by atoms with Crippen molar-refractivity contribution >= 4 is 53.2 Å². The van der Waals surface area contributed by atoms with Gasteiger partial charge in [0.05, 0.1) is 5.02 Å². The summed E-state index contributed by atoms with van der Waals surface area (Å²) in [4.78, 5) is 18.7. The van der Waals surface area contributed by atoms with Crippen LogP contribution in [0.1, 0.15) is 19.8 Å². The predicted molar refractivity (Wildman–Crippen MR) is 115 cm³/mol. The molecule has 2 heterocycles. The first kappa shape index (κ1) is 23.8. The number of hydrogen-bond acceptors (Lipinski definition) is 4. The molecule has 1 N–H and O–H groups in total. The number of nitrogens with zero attached hydrogens (tertiary/aromatic N) is 2. The predicted octanol–water partition coefficient (Wildman–Crippen LogP) is 3.96. The first-order valence-electron chi connectivity index (χ1n) is 8.83.